The summed E-state index contributed by atoms with van der Waals surface area (Å²) in [6, 6.07) is 3.55. The van der Waals surface area contributed by atoms with E-state index in [0.717, 1.165) is 31.2 Å². The molecule has 0 unspecified atom stereocenters. The van der Waals surface area contributed by atoms with Crippen LogP contribution in [0.25, 0.3) is 6.08 Å². The molecule has 0 radical (unpaired) electrons. The molecule has 1 aliphatic heterocycles. The van der Waals surface area contributed by atoms with Crippen molar-refractivity contribution in [3.63, 3.8) is 0 Å². The van der Waals surface area contributed by atoms with E-state index in [4.69, 9.17) is 9.15 Å². The second kappa shape index (κ2) is 8.10. The van der Waals surface area contributed by atoms with Crippen LogP contribution in [0.3, 0.4) is 0 Å². The Bertz CT molecular complexity index is 848. The molecule has 1 aliphatic carbocycles. The zero-order valence-corrected chi connectivity index (χ0v) is 15.8. The van der Waals surface area contributed by atoms with E-state index in [0.29, 0.717) is 42.6 Å². The van der Waals surface area contributed by atoms with Crippen LogP contribution < -0.4 is 5.32 Å². The molecule has 0 bridgehead atoms. The number of thiophene rings is 1. The third-order valence-electron chi connectivity index (χ3n) is 4.86. The minimum atomic E-state index is -0.263. The first kappa shape index (κ1) is 18.0. The van der Waals surface area contributed by atoms with Crippen molar-refractivity contribution in [3.8, 4) is 0 Å². The van der Waals surface area contributed by atoms with Gasteiger partial charge < -0.3 is 19.4 Å². The Kier molecular flexibility index (Phi) is 5.40. The highest BCUT2D eigenvalue weighted by Gasteiger charge is 2.29. The molecule has 1 saturated heterocycles. The van der Waals surface area contributed by atoms with E-state index >= 15 is 0 Å². The minimum Gasteiger partial charge on any atom is -0.465 e. The Balaban J connectivity index is 1.58. The maximum atomic E-state index is 13.2. The van der Waals surface area contributed by atoms with Gasteiger partial charge >= 0.3 is 0 Å². The van der Waals surface area contributed by atoms with Crippen LogP contribution in [0.4, 0.5) is 5.00 Å². The number of carbonyl (C=O) groups excluding carboxylic acids is 2. The lowest BCUT2D eigenvalue weighted by Gasteiger charge is -2.27. The number of hydrogen-bond donors (Lipinski definition) is 1. The number of rotatable bonds is 4. The molecular weight excluding hydrogens is 364 g/mol. The van der Waals surface area contributed by atoms with Gasteiger partial charge in [0.25, 0.3) is 5.91 Å². The van der Waals surface area contributed by atoms with Gasteiger partial charge in [-0.1, -0.05) is 0 Å². The number of ether oxygens (including phenoxy) is 1. The first-order valence-corrected chi connectivity index (χ1v) is 10.1. The molecule has 7 heteroatoms. The van der Waals surface area contributed by atoms with Crippen LogP contribution >= 0.6 is 11.3 Å². The summed E-state index contributed by atoms with van der Waals surface area (Å²) in [6.07, 6.45) is 8.69. The van der Waals surface area contributed by atoms with Crippen molar-refractivity contribution in [1.82, 2.24) is 4.90 Å². The molecule has 0 atom stereocenters. The molecule has 0 aromatic carbocycles. The Morgan fingerprint density at radius 2 is 2.00 bits per heavy atom. The van der Waals surface area contributed by atoms with Crippen molar-refractivity contribution >= 4 is 34.2 Å². The molecule has 2 amide bonds. The Morgan fingerprint density at radius 1 is 1.19 bits per heavy atom. The first-order chi connectivity index (χ1) is 13.2. The molecule has 27 heavy (non-hydrogen) atoms. The summed E-state index contributed by atoms with van der Waals surface area (Å²) in [5, 5.41) is 3.58. The first-order valence-electron chi connectivity index (χ1n) is 9.26. The number of hydrogen-bond acceptors (Lipinski definition) is 5. The topological polar surface area (TPSA) is 71.8 Å². The molecule has 2 aliphatic rings. The van der Waals surface area contributed by atoms with Crippen LogP contribution in [0.5, 0.6) is 0 Å². The summed E-state index contributed by atoms with van der Waals surface area (Å²) in [5.74, 6) is 0.351. The van der Waals surface area contributed by atoms with Gasteiger partial charge in [-0.15, -0.1) is 11.3 Å². The second-order valence-electron chi connectivity index (χ2n) is 6.66. The van der Waals surface area contributed by atoms with Gasteiger partial charge in [0.2, 0.25) is 5.91 Å². The van der Waals surface area contributed by atoms with E-state index in [1.807, 2.05) is 4.90 Å². The molecule has 2 aromatic heterocycles. The fourth-order valence-corrected chi connectivity index (χ4v) is 4.79. The number of amides is 2. The van der Waals surface area contributed by atoms with Gasteiger partial charge in [0, 0.05) is 24.0 Å². The zero-order valence-electron chi connectivity index (χ0n) is 15.0. The van der Waals surface area contributed by atoms with Crippen LogP contribution in [0.2, 0.25) is 0 Å². The average molecular weight is 386 g/mol. The number of anilines is 1. The number of furan rings is 1. The summed E-state index contributed by atoms with van der Waals surface area (Å²) >= 11 is 1.54. The van der Waals surface area contributed by atoms with Crippen LogP contribution in [0, 0.1) is 0 Å². The number of nitrogens with zero attached hydrogens (tertiary/aromatic N) is 1. The average Bonchev–Trinajstić information content (AvgIpc) is 3.34. The van der Waals surface area contributed by atoms with Crippen LogP contribution in [-0.2, 0) is 22.4 Å². The molecule has 1 fully saturated rings. The van der Waals surface area contributed by atoms with Gasteiger partial charge in [-0.05, 0) is 49.5 Å². The number of fused-ring (bicyclic) bond motifs is 1. The van der Waals surface area contributed by atoms with Crippen LogP contribution in [-0.4, -0.2) is 43.0 Å². The summed E-state index contributed by atoms with van der Waals surface area (Å²) < 4.78 is 10.6. The predicted octanol–water partition coefficient (Wildman–Crippen LogP) is 3.34. The molecule has 1 N–H and O–H groups in total. The standard InChI is InChI=1S/C20H22N2O4S/c23-17(8-7-14-4-3-11-26-14)21-19-18(15-5-1-2-6-16(15)27-19)20(24)22-9-12-25-13-10-22/h3-4,7-8,11H,1-2,5-6,9-10,12-13H2,(H,21,23)/b8-7+. The molecular formula is C20H22N2O4S. The maximum Gasteiger partial charge on any atom is 0.257 e. The Morgan fingerprint density at radius 3 is 2.78 bits per heavy atom. The quantitative estimate of drug-likeness (QED) is 0.818. The van der Waals surface area contributed by atoms with Crippen molar-refractivity contribution in [2.45, 2.75) is 25.7 Å². The van der Waals surface area contributed by atoms with Gasteiger partial charge in [-0.25, -0.2) is 0 Å². The lowest BCUT2D eigenvalue weighted by molar-refractivity contribution is -0.111. The van der Waals surface area contributed by atoms with Crippen molar-refractivity contribution < 1.29 is 18.7 Å². The van der Waals surface area contributed by atoms with E-state index < -0.39 is 0 Å². The van der Waals surface area contributed by atoms with Crippen molar-refractivity contribution in [2.75, 3.05) is 31.6 Å². The van der Waals surface area contributed by atoms with E-state index in [-0.39, 0.29) is 11.8 Å². The summed E-state index contributed by atoms with van der Waals surface area (Å²) in [7, 11) is 0. The predicted molar refractivity (Wildman–Crippen MR) is 104 cm³/mol. The molecule has 0 saturated carbocycles. The maximum absolute atomic E-state index is 13.2. The van der Waals surface area contributed by atoms with E-state index in [1.165, 1.54) is 22.3 Å². The highest BCUT2D eigenvalue weighted by Crippen LogP contribution is 2.39. The molecule has 0 spiro atoms. The largest absolute Gasteiger partial charge is 0.465 e. The normalized spacial score (nSPS) is 17.1. The lowest BCUT2D eigenvalue weighted by atomic mass is 9.95. The minimum absolute atomic E-state index is 0.00279. The van der Waals surface area contributed by atoms with Gasteiger partial charge in [0.1, 0.15) is 10.8 Å². The van der Waals surface area contributed by atoms with Gasteiger partial charge in [-0.3, -0.25) is 9.59 Å². The Labute approximate surface area is 161 Å². The monoisotopic (exact) mass is 386 g/mol. The zero-order chi connectivity index (χ0) is 18.6. The lowest BCUT2D eigenvalue weighted by Crippen LogP contribution is -2.41. The van der Waals surface area contributed by atoms with Gasteiger partial charge in [-0.2, -0.15) is 0 Å². The highest BCUT2D eigenvalue weighted by molar-refractivity contribution is 7.17. The second-order valence-corrected chi connectivity index (χ2v) is 7.76. The third-order valence-corrected chi connectivity index (χ3v) is 6.07. The van der Waals surface area contributed by atoms with Crippen molar-refractivity contribution in [3.05, 3.63) is 46.2 Å². The van der Waals surface area contributed by atoms with Crippen molar-refractivity contribution in [2.24, 2.45) is 0 Å². The molecule has 2 aromatic rings. The van der Waals surface area contributed by atoms with E-state index in [1.54, 1.807) is 24.5 Å². The number of aryl methyl sites for hydroxylation is 1. The van der Waals surface area contributed by atoms with Gasteiger partial charge in [0.05, 0.1) is 25.0 Å². The molecule has 4 rings (SSSR count). The third kappa shape index (κ3) is 3.99. The smallest absolute Gasteiger partial charge is 0.257 e. The van der Waals surface area contributed by atoms with Crippen LogP contribution in [0.15, 0.2) is 28.9 Å². The van der Waals surface area contributed by atoms with E-state index in [9.17, 15) is 9.59 Å². The highest BCUT2D eigenvalue weighted by atomic mass is 32.1. The Hall–Kier alpha value is -2.38. The van der Waals surface area contributed by atoms with E-state index in [2.05, 4.69) is 5.32 Å². The van der Waals surface area contributed by atoms with Crippen LogP contribution in [0.1, 0.15) is 39.4 Å². The molecule has 3 heterocycles. The SMILES string of the molecule is O=C(/C=C/c1ccco1)Nc1sc2c(c1C(=O)N1CCOCC1)CCCC2. The fourth-order valence-electron chi connectivity index (χ4n) is 3.50. The summed E-state index contributed by atoms with van der Waals surface area (Å²) in [5.41, 5.74) is 1.80. The summed E-state index contributed by atoms with van der Waals surface area (Å²) in [4.78, 5) is 28.6. The molecule has 142 valence electrons. The fraction of sp³-hybridized carbons (Fsp3) is 0.400. The van der Waals surface area contributed by atoms with Crippen molar-refractivity contribution in [1.29, 1.82) is 0 Å². The number of morpholine rings is 1. The molecule has 6 nitrogen and oxygen atoms in total. The number of carbonyl (C=O) groups is 2. The summed E-state index contributed by atoms with van der Waals surface area (Å²) in [6.45, 7) is 2.31. The number of nitrogens with one attached hydrogen (secondary N) is 1. The van der Waals surface area contributed by atoms with Gasteiger partial charge in [0.15, 0.2) is 0 Å².